The highest BCUT2D eigenvalue weighted by Gasteiger charge is 2.51. The van der Waals surface area contributed by atoms with Crippen LogP contribution in [0.2, 0.25) is 0 Å². The van der Waals surface area contributed by atoms with Gasteiger partial charge in [0.1, 0.15) is 43.2 Å². The van der Waals surface area contributed by atoms with E-state index in [1.165, 1.54) is 0 Å². The summed E-state index contributed by atoms with van der Waals surface area (Å²) in [5.74, 6) is -1.19. The van der Waals surface area contributed by atoms with Crippen LogP contribution in [0, 0.1) is 0 Å². The molecule has 0 saturated heterocycles. The first-order valence-electron chi connectivity index (χ1n) is 17.6. The molecule has 1 fully saturated rings. The lowest BCUT2D eigenvalue weighted by molar-refractivity contribution is -0.220. The topological polar surface area (TPSA) is 210 Å². The second-order valence-corrected chi connectivity index (χ2v) is 13.4. The maximum Gasteiger partial charge on any atom is 0.472 e. The monoisotopic (exact) mass is 730 g/mol. The second-order valence-electron chi connectivity index (χ2n) is 12.0. The van der Waals surface area contributed by atoms with Gasteiger partial charge in [-0.1, -0.05) is 87.4 Å². The number of hydrogen-bond acceptors (Lipinski definition) is 12. The molecule has 6 atom stereocenters. The van der Waals surface area contributed by atoms with Gasteiger partial charge in [0.15, 0.2) is 6.10 Å². The number of hydrogen-bond donors (Lipinski definition) is 6. The van der Waals surface area contributed by atoms with Crippen LogP contribution >= 0.6 is 7.82 Å². The maximum absolute atomic E-state index is 12.6. The zero-order chi connectivity index (χ0) is 37.2. The highest BCUT2D eigenvalue weighted by molar-refractivity contribution is 7.47. The molecule has 1 saturated carbocycles. The van der Waals surface area contributed by atoms with Crippen molar-refractivity contribution < 1.29 is 63.1 Å². The second kappa shape index (κ2) is 27.2. The summed E-state index contributed by atoms with van der Waals surface area (Å²) < 4.78 is 32.8. The molecule has 286 valence electrons. The minimum absolute atomic E-state index is 0.0534. The number of aliphatic hydroxyl groups is 5. The quantitative estimate of drug-likeness (QED) is 0.0310. The van der Waals surface area contributed by atoms with Crippen molar-refractivity contribution >= 4 is 19.8 Å². The summed E-state index contributed by atoms with van der Waals surface area (Å²) in [5, 5.41) is 49.6. The lowest BCUT2D eigenvalue weighted by Crippen LogP contribution is -2.64. The molecule has 1 aliphatic carbocycles. The van der Waals surface area contributed by atoms with Crippen molar-refractivity contribution in [3.05, 3.63) is 60.8 Å². The molecule has 0 aliphatic heterocycles. The van der Waals surface area contributed by atoms with Crippen molar-refractivity contribution in [2.24, 2.45) is 0 Å². The molecule has 1 rings (SSSR count). The van der Waals surface area contributed by atoms with Gasteiger partial charge in [-0.25, -0.2) is 4.57 Å². The van der Waals surface area contributed by atoms with Crippen LogP contribution in [0.15, 0.2) is 60.8 Å². The zero-order valence-electron chi connectivity index (χ0n) is 29.4. The normalized spacial score (nSPS) is 24.9. The standard InChI is InChI=1S/C36H59O13P/c1-3-5-7-8-9-10-11-12-13-14-15-16-17-18-19-20-21-22-23-25-30(38)48-28(26-46-29(37)24-6-4-2)27-47-50(44,45)49-36-34(42)32(40)31(39)33(41)35(36)43/h5,7,9-10,12-13,15-16,18-19,28,31-36,39-43H,3-4,6,8,11,14,17,20-27H2,1-2H3,(H,44,45)/b7-5-,10-9-,13-12-,16-15-,19-18-. The Hall–Kier alpha value is -2.45. The van der Waals surface area contributed by atoms with E-state index in [-0.39, 0.29) is 12.8 Å². The van der Waals surface area contributed by atoms with Crippen LogP contribution in [0.25, 0.3) is 0 Å². The van der Waals surface area contributed by atoms with Gasteiger partial charge in [-0.15, -0.1) is 0 Å². The summed E-state index contributed by atoms with van der Waals surface area (Å²) in [6.07, 6.45) is 17.4. The Balaban J connectivity index is 2.44. The number of unbranched alkanes of at least 4 members (excludes halogenated alkanes) is 4. The molecular formula is C36H59O13P. The van der Waals surface area contributed by atoms with E-state index in [9.17, 15) is 44.6 Å². The number of carbonyl (C=O) groups excluding carboxylic acids is 2. The smallest absolute Gasteiger partial charge is 0.462 e. The molecule has 0 amide bonds. The summed E-state index contributed by atoms with van der Waals surface area (Å²) in [4.78, 5) is 34.7. The van der Waals surface area contributed by atoms with Gasteiger partial charge in [0.05, 0.1) is 6.61 Å². The van der Waals surface area contributed by atoms with E-state index in [2.05, 4.69) is 67.7 Å². The summed E-state index contributed by atoms with van der Waals surface area (Å²) in [6, 6.07) is 0. The van der Waals surface area contributed by atoms with Gasteiger partial charge in [0, 0.05) is 12.8 Å². The average Bonchev–Trinajstić information content (AvgIpc) is 3.09. The number of aliphatic hydroxyl groups excluding tert-OH is 5. The van der Waals surface area contributed by atoms with E-state index in [4.69, 9.17) is 18.5 Å². The maximum atomic E-state index is 12.6. The molecule has 1 aliphatic rings. The molecule has 0 spiro atoms. The minimum Gasteiger partial charge on any atom is -0.462 e. The Morgan fingerprint density at radius 3 is 1.68 bits per heavy atom. The van der Waals surface area contributed by atoms with Crippen LogP contribution < -0.4 is 0 Å². The number of rotatable bonds is 26. The zero-order valence-corrected chi connectivity index (χ0v) is 30.3. The van der Waals surface area contributed by atoms with Gasteiger partial charge in [-0.3, -0.25) is 18.6 Å². The van der Waals surface area contributed by atoms with Gasteiger partial charge >= 0.3 is 19.8 Å². The Morgan fingerprint density at radius 2 is 1.14 bits per heavy atom. The molecule has 0 radical (unpaired) electrons. The number of carbonyl (C=O) groups is 2. The third kappa shape index (κ3) is 20.4. The van der Waals surface area contributed by atoms with E-state index in [0.29, 0.717) is 12.8 Å². The Labute approximate surface area is 296 Å². The molecule has 6 unspecified atom stereocenters. The van der Waals surface area contributed by atoms with E-state index in [1.807, 2.05) is 6.92 Å². The summed E-state index contributed by atoms with van der Waals surface area (Å²) >= 11 is 0. The van der Waals surface area contributed by atoms with Gasteiger partial charge in [0.25, 0.3) is 0 Å². The molecule has 0 aromatic carbocycles. The van der Waals surface area contributed by atoms with Crippen LogP contribution in [-0.2, 0) is 32.7 Å². The third-order valence-corrected chi connectivity index (χ3v) is 8.61. The molecule has 0 heterocycles. The van der Waals surface area contributed by atoms with Crippen molar-refractivity contribution in [3.8, 4) is 0 Å². The fourth-order valence-corrected chi connectivity index (χ4v) is 5.67. The van der Waals surface area contributed by atoms with E-state index < -0.39 is 75.7 Å². The van der Waals surface area contributed by atoms with Crippen LogP contribution in [0.4, 0.5) is 0 Å². The van der Waals surface area contributed by atoms with Crippen molar-refractivity contribution in [1.82, 2.24) is 0 Å². The molecular weight excluding hydrogens is 671 g/mol. The van der Waals surface area contributed by atoms with Crippen molar-refractivity contribution in [2.75, 3.05) is 13.2 Å². The third-order valence-electron chi connectivity index (χ3n) is 7.62. The van der Waals surface area contributed by atoms with E-state index in [1.54, 1.807) is 0 Å². The Kier molecular flexibility index (Phi) is 24.8. The summed E-state index contributed by atoms with van der Waals surface area (Å²) in [7, 11) is -5.10. The average molecular weight is 731 g/mol. The number of esters is 2. The molecule has 50 heavy (non-hydrogen) atoms. The van der Waals surface area contributed by atoms with Gasteiger partial charge in [-0.2, -0.15) is 0 Å². The van der Waals surface area contributed by atoms with Crippen LogP contribution in [-0.4, -0.2) is 98.3 Å². The molecule has 6 N–H and O–H groups in total. The van der Waals surface area contributed by atoms with Crippen molar-refractivity contribution in [1.29, 1.82) is 0 Å². The molecule has 0 aromatic rings. The molecule has 14 heteroatoms. The lowest BCUT2D eigenvalue weighted by atomic mass is 9.85. The first-order valence-corrected chi connectivity index (χ1v) is 19.1. The molecule has 13 nitrogen and oxygen atoms in total. The van der Waals surface area contributed by atoms with Crippen LogP contribution in [0.1, 0.15) is 97.3 Å². The highest BCUT2D eigenvalue weighted by Crippen LogP contribution is 2.47. The Morgan fingerprint density at radius 1 is 0.640 bits per heavy atom. The van der Waals surface area contributed by atoms with E-state index >= 15 is 0 Å². The minimum atomic E-state index is -5.10. The summed E-state index contributed by atoms with van der Waals surface area (Å²) in [5.41, 5.74) is 0. The van der Waals surface area contributed by atoms with Crippen LogP contribution in [0.3, 0.4) is 0 Å². The van der Waals surface area contributed by atoms with Crippen molar-refractivity contribution in [3.63, 3.8) is 0 Å². The first kappa shape index (κ1) is 45.6. The molecule has 0 bridgehead atoms. The summed E-state index contributed by atoms with van der Waals surface area (Å²) in [6.45, 7) is 2.80. The number of ether oxygens (including phenoxy) is 2. The van der Waals surface area contributed by atoms with Crippen molar-refractivity contribution in [2.45, 2.75) is 140 Å². The fourth-order valence-electron chi connectivity index (χ4n) is 4.70. The van der Waals surface area contributed by atoms with Gasteiger partial charge in [-0.05, 0) is 57.8 Å². The van der Waals surface area contributed by atoms with Gasteiger partial charge in [0.2, 0.25) is 0 Å². The molecule has 0 aromatic heterocycles. The Bertz CT molecular complexity index is 1120. The SMILES string of the molecule is CC/C=C\C/C=C\C/C=C\C/C=C\C/C=C\CCCCCC(=O)OC(COC(=O)CCCC)COP(=O)(O)OC1C(O)C(O)C(O)C(O)C1O. The number of allylic oxidation sites excluding steroid dienone is 10. The lowest BCUT2D eigenvalue weighted by Gasteiger charge is -2.41. The largest absolute Gasteiger partial charge is 0.472 e. The van der Waals surface area contributed by atoms with Crippen LogP contribution in [0.5, 0.6) is 0 Å². The van der Waals surface area contributed by atoms with Gasteiger partial charge < -0.3 is 39.9 Å². The first-order chi connectivity index (χ1) is 23.9. The number of phosphoric ester groups is 1. The fraction of sp³-hybridized carbons (Fsp3) is 0.667. The predicted molar refractivity (Wildman–Crippen MR) is 189 cm³/mol. The highest BCUT2D eigenvalue weighted by atomic mass is 31.2. The number of phosphoric acid groups is 1. The predicted octanol–water partition coefficient (Wildman–Crippen LogP) is 4.65. The van der Waals surface area contributed by atoms with E-state index in [0.717, 1.165) is 57.8 Å².